The van der Waals surface area contributed by atoms with Gasteiger partial charge in [0.25, 0.3) is 0 Å². The minimum Gasteiger partial charge on any atom is -0.479 e. The Bertz CT molecular complexity index is 634. The zero-order valence-electron chi connectivity index (χ0n) is 9.87. The first-order chi connectivity index (χ1) is 8.72. The second-order valence-electron chi connectivity index (χ2n) is 4.20. The summed E-state index contributed by atoms with van der Waals surface area (Å²) in [6, 6.07) is 0. The van der Waals surface area contributed by atoms with Crippen LogP contribution in [0.15, 0.2) is 11.9 Å². The van der Waals surface area contributed by atoms with Crippen LogP contribution in [-0.4, -0.2) is 38.3 Å². The molecule has 0 aliphatic heterocycles. The summed E-state index contributed by atoms with van der Waals surface area (Å²) in [6.07, 6.45) is 4.47. The van der Waals surface area contributed by atoms with Crippen molar-refractivity contribution in [2.24, 2.45) is 5.92 Å². The monoisotopic (exact) mass is 247 g/mol. The van der Waals surface area contributed by atoms with Gasteiger partial charge in [-0.15, -0.1) is 0 Å². The number of fused-ring (bicyclic) bond motifs is 1. The molecule has 1 unspecified atom stereocenters. The fraction of sp³-hybridized carbons (Fsp3) is 0.364. The summed E-state index contributed by atoms with van der Waals surface area (Å²) < 4.78 is 6.90. The molecule has 0 bridgehead atoms. The second-order valence-corrected chi connectivity index (χ2v) is 4.20. The largest absolute Gasteiger partial charge is 0.479 e. The van der Waals surface area contributed by atoms with Crippen LogP contribution in [0, 0.1) is 5.92 Å². The van der Waals surface area contributed by atoms with Gasteiger partial charge in [0.05, 0.1) is 7.11 Å². The molecule has 18 heavy (non-hydrogen) atoms. The normalized spacial score (nSPS) is 20.6. The van der Waals surface area contributed by atoms with Crippen molar-refractivity contribution >= 4 is 23.3 Å². The molecule has 1 fully saturated rings. The third-order valence-corrected chi connectivity index (χ3v) is 2.97. The Morgan fingerprint density at radius 2 is 2.44 bits per heavy atom. The number of imidazole rings is 1. The molecule has 0 radical (unpaired) electrons. The van der Waals surface area contributed by atoms with Gasteiger partial charge in [0, 0.05) is 18.7 Å². The summed E-state index contributed by atoms with van der Waals surface area (Å²) >= 11 is 0. The zero-order valence-corrected chi connectivity index (χ0v) is 9.87. The summed E-state index contributed by atoms with van der Waals surface area (Å²) in [5, 5.41) is 9.01. The molecule has 2 heterocycles. The number of hydrogen-bond donors (Lipinski definition) is 2. The van der Waals surface area contributed by atoms with Crippen LogP contribution in [0.2, 0.25) is 0 Å². The lowest BCUT2D eigenvalue weighted by molar-refractivity contribution is 0.281. The van der Waals surface area contributed by atoms with E-state index in [2.05, 4.69) is 15.0 Å². The van der Waals surface area contributed by atoms with Crippen LogP contribution in [0.1, 0.15) is 6.42 Å². The van der Waals surface area contributed by atoms with Gasteiger partial charge >= 0.3 is 0 Å². The van der Waals surface area contributed by atoms with E-state index in [-0.39, 0.29) is 18.5 Å². The fourth-order valence-electron chi connectivity index (χ4n) is 1.89. The van der Waals surface area contributed by atoms with Crippen molar-refractivity contribution in [3.63, 3.8) is 0 Å². The van der Waals surface area contributed by atoms with Gasteiger partial charge in [-0.05, 0) is 12.0 Å². The molecule has 1 atom stereocenters. The smallest absolute Gasteiger partial charge is 0.246 e. The maximum Gasteiger partial charge on any atom is 0.246 e. The predicted octanol–water partition coefficient (Wildman–Crippen LogP) is 0.270. The van der Waals surface area contributed by atoms with Gasteiger partial charge in [-0.1, -0.05) is 0 Å². The molecule has 0 saturated heterocycles. The molecule has 1 aliphatic carbocycles. The molecule has 94 valence electrons. The van der Waals surface area contributed by atoms with Crippen LogP contribution in [0.3, 0.4) is 0 Å². The van der Waals surface area contributed by atoms with E-state index in [1.165, 1.54) is 12.7 Å². The number of methoxy groups -OCH3 is 1. The lowest BCUT2D eigenvalue weighted by atomic mass is 10.4. The van der Waals surface area contributed by atoms with Crippen LogP contribution < -0.4 is 10.5 Å². The van der Waals surface area contributed by atoms with E-state index in [1.807, 2.05) is 6.20 Å². The summed E-state index contributed by atoms with van der Waals surface area (Å²) in [7, 11) is 1.52. The van der Waals surface area contributed by atoms with Crippen LogP contribution in [0.4, 0.5) is 5.95 Å². The second kappa shape index (κ2) is 3.95. The van der Waals surface area contributed by atoms with E-state index in [4.69, 9.17) is 15.6 Å². The molecule has 7 nitrogen and oxygen atoms in total. The highest BCUT2D eigenvalue weighted by atomic mass is 16.5. The molecular formula is C11H13N5O2. The molecule has 0 amide bonds. The minimum absolute atomic E-state index is 0.147. The van der Waals surface area contributed by atoms with E-state index in [9.17, 15) is 0 Å². The molecular weight excluding hydrogens is 234 g/mol. The summed E-state index contributed by atoms with van der Waals surface area (Å²) in [4.78, 5) is 12.3. The molecule has 2 aromatic heterocycles. The van der Waals surface area contributed by atoms with E-state index in [0.29, 0.717) is 17.0 Å². The van der Waals surface area contributed by atoms with Crippen LogP contribution >= 0.6 is 0 Å². The average molecular weight is 247 g/mol. The summed E-state index contributed by atoms with van der Waals surface area (Å²) in [5.74, 6) is 0.779. The minimum atomic E-state index is 0.147. The summed E-state index contributed by atoms with van der Waals surface area (Å²) in [6.45, 7) is 0.179. The van der Waals surface area contributed by atoms with E-state index in [1.54, 1.807) is 10.9 Å². The van der Waals surface area contributed by atoms with Crippen molar-refractivity contribution < 1.29 is 9.84 Å². The van der Waals surface area contributed by atoms with Crippen molar-refractivity contribution in [2.45, 2.75) is 6.42 Å². The van der Waals surface area contributed by atoms with Crippen molar-refractivity contribution in [1.29, 1.82) is 0 Å². The van der Waals surface area contributed by atoms with E-state index >= 15 is 0 Å². The Morgan fingerprint density at radius 3 is 3.11 bits per heavy atom. The fourth-order valence-corrected chi connectivity index (χ4v) is 1.89. The lowest BCUT2D eigenvalue weighted by Crippen LogP contribution is -2.00. The van der Waals surface area contributed by atoms with Crippen LogP contribution in [-0.2, 0) is 0 Å². The number of aliphatic hydroxyl groups excluding tert-OH is 1. The van der Waals surface area contributed by atoms with Gasteiger partial charge < -0.3 is 15.6 Å². The van der Waals surface area contributed by atoms with Gasteiger partial charge in [0.15, 0.2) is 11.2 Å². The first-order valence-electron chi connectivity index (χ1n) is 5.58. The standard InChI is InChI=1S/C11H13N5O2/c1-18-10-8-9(14-11(12)15-10)16(5-13-8)3-6-2-7(6)4-17/h3,5,7,17H,2,4H2,1H3,(H2,12,14,15)/b6-3-. The number of hydrogen-bond acceptors (Lipinski definition) is 6. The number of rotatable bonds is 3. The summed E-state index contributed by atoms with van der Waals surface area (Å²) in [5.41, 5.74) is 7.98. The van der Waals surface area contributed by atoms with Gasteiger partial charge in [0.1, 0.15) is 6.33 Å². The Morgan fingerprint density at radius 1 is 1.61 bits per heavy atom. The number of nitrogens with zero attached hydrogens (tertiary/aromatic N) is 4. The number of ether oxygens (including phenoxy) is 1. The highest BCUT2D eigenvalue weighted by Gasteiger charge is 2.29. The predicted molar refractivity (Wildman–Crippen MR) is 65.8 cm³/mol. The maximum atomic E-state index is 9.01. The molecule has 0 spiro atoms. The highest BCUT2D eigenvalue weighted by Crippen LogP contribution is 2.38. The molecule has 3 rings (SSSR count). The van der Waals surface area contributed by atoms with Crippen molar-refractivity contribution in [2.75, 3.05) is 19.5 Å². The van der Waals surface area contributed by atoms with Crippen LogP contribution in [0.25, 0.3) is 17.4 Å². The topological polar surface area (TPSA) is 99.1 Å². The molecule has 2 aromatic rings. The average Bonchev–Trinajstić information content (AvgIpc) is 3.01. The first-order valence-corrected chi connectivity index (χ1v) is 5.58. The van der Waals surface area contributed by atoms with Crippen molar-refractivity contribution in [3.05, 3.63) is 11.9 Å². The number of nitrogen functional groups attached to an aromatic ring is 1. The zero-order chi connectivity index (χ0) is 12.7. The molecule has 3 N–H and O–H groups in total. The Hall–Kier alpha value is -2.15. The van der Waals surface area contributed by atoms with Gasteiger partial charge in [-0.25, -0.2) is 4.98 Å². The lowest BCUT2D eigenvalue weighted by Gasteiger charge is -2.01. The van der Waals surface area contributed by atoms with E-state index < -0.39 is 0 Å². The van der Waals surface area contributed by atoms with Gasteiger partial charge in [0.2, 0.25) is 11.8 Å². The SMILES string of the molecule is COc1nc(N)nc2c1ncn2/C=C1/CC1CO. The number of nitrogens with two attached hydrogens (primary N) is 1. The number of anilines is 1. The van der Waals surface area contributed by atoms with Crippen molar-refractivity contribution in [1.82, 2.24) is 19.5 Å². The Kier molecular flexibility index (Phi) is 2.41. The van der Waals surface area contributed by atoms with Crippen LogP contribution in [0.5, 0.6) is 5.88 Å². The molecule has 1 aliphatic rings. The van der Waals surface area contributed by atoms with Gasteiger partial charge in [-0.3, -0.25) is 4.57 Å². The highest BCUT2D eigenvalue weighted by molar-refractivity contribution is 5.79. The molecule has 1 saturated carbocycles. The number of aliphatic hydroxyl groups is 1. The third-order valence-electron chi connectivity index (χ3n) is 2.97. The maximum absolute atomic E-state index is 9.01. The van der Waals surface area contributed by atoms with E-state index in [0.717, 1.165) is 6.42 Å². The Labute approximate surface area is 103 Å². The van der Waals surface area contributed by atoms with Crippen molar-refractivity contribution in [3.8, 4) is 5.88 Å². The molecule has 7 heteroatoms. The Balaban J connectivity index is 2.09. The third kappa shape index (κ3) is 1.68. The quantitative estimate of drug-likeness (QED) is 0.807. The van der Waals surface area contributed by atoms with Gasteiger partial charge in [-0.2, -0.15) is 9.97 Å². The first kappa shape index (κ1) is 11.0. The number of aromatic nitrogens is 4. The molecule has 0 aromatic carbocycles.